The van der Waals surface area contributed by atoms with E-state index in [2.05, 4.69) is 0 Å². The van der Waals surface area contributed by atoms with E-state index in [-0.39, 0.29) is 5.92 Å². The van der Waals surface area contributed by atoms with Crippen molar-refractivity contribution in [1.82, 2.24) is 0 Å². The van der Waals surface area contributed by atoms with Crippen LogP contribution in [0.1, 0.15) is 34.6 Å². The Bertz CT molecular complexity index is 109. The zero-order chi connectivity index (χ0) is 8.58. The molecule has 0 heterocycles. The minimum atomic E-state index is -1.39. The second kappa shape index (κ2) is 2.51. The van der Waals surface area contributed by atoms with Crippen LogP contribution in [0.3, 0.4) is 0 Å². The minimum absolute atomic E-state index is 0.111. The van der Waals surface area contributed by atoms with E-state index in [1.54, 1.807) is 13.8 Å². The fourth-order valence-electron chi connectivity index (χ4n) is 0.695. The Balaban J connectivity index is 4.40. The number of hydrogen-bond acceptors (Lipinski definition) is 0. The summed E-state index contributed by atoms with van der Waals surface area (Å²) in [6.07, 6.45) is 0. The van der Waals surface area contributed by atoms with Crippen LogP contribution in [0.15, 0.2) is 0 Å². The molecule has 0 aromatic rings. The van der Waals surface area contributed by atoms with Gasteiger partial charge < -0.3 is 0 Å². The highest BCUT2D eigenvalue weighted by Crippen LogP contribution is 2.29. The summed E-state index contributed by atoms with van der Waals surface area (Å²) in [6.45, 7) is 7.93. The maximum atomic E-state index is 11.5. The molecule has 10 heavy (non-hydrogen) atoms. The van der Waals surface area contributed by atoms with Gasteiger partial charge in [0.25, 0.3) is 0 Å². The van der Waals surface area contributed by atoms with Crippen molar-refractivity contribution < 1.29 is 10.2 Å². The Kier molecular flexibility index (Phi) is 2.49. The molecule has 0 fully saturated rings. The van der Waals surface area contributed by atoms with Crippen molar-refractivity contribution in [3.05, 3.63) is 0 Å². The molecule has 0 aromatic carbocycles. The summed E-state index contributed by atoms with van der Waals surface area (Å²) < 4.78 is 0. The lowest BCUT2D eigenvalue weighted by Crippen LogP contribution is -2.49. The quantitative estimate of drug-likeness (QED) is 0.569. The van der Waals surface area contributed by atoms with Gasteiger partial charge in [-0.3, -0.25) is 0 Å². The average molecular weight is 144 g/mol. The van der Waals surface area contributed by atoms with Gasteiger partial charge in [0.05, 0.1) is 0 Å². The van der Waals surface area contributed by atoms with Crippen molar-refractivity contribution in [1.29, 1.82) is 0 Å². The third-order valence-corrected chi connectivity index (χ3v) is 2.30. The molecule has 0 saturated carbocycles. The monoisotopic (exact) mass is 144 g/mol. The maximum absolute atomic E-state index is 11.5. The van der Waals surface area contributed by atoms with Crippen molar-refractivity contribution in [2.45, 2.75) is 45.8 Å². The van der Waals surface area contributed by atoms with Gasteiger partial charge in [0.15, 0.2) is 0 Å². The van der Waals surface area contributed by atoms with Crippen molar-refractivity contribution in [2.24, 2.45) is 5.92 Å². The van der Waals surface area contributed by atoms with Crippen molar-refractivity contribution in [3.63, 3.8) is 0 Å². The van der Waals surface area contributed by atoms with Gasteiger partial charge in [-0.05, 0) is 26.7 Å². The van der Waals surface area contributed by atoms with Gasteiger partial charge in [0.1, 0.15) is 11.2 Å². The fourth-order valence-corrected chi connectivity index (χ4v) is 0.695. The van der Waals surface area contributed by atoms with Crippen LogP contribution >= 0.6 is 0 Å². The summed E-state index contributed by atoms with van der Waals surface area (Å²) in [6, 6.07) is 0. The van der Waals surface area contributed by atoms with E-state index >= 15 is 0 Å². The maximum Gasteiger partial charge on any atom is 0.134 e. The minimum Gasteiger partial charge on any atom is -0.227 e. The van der Waals surface area contributed by atoms with E-state index < -0.39 is 11.2 Å². The Morgan fingerprint density at radius 3 is 1.30 bits per heavy atom. The van der Waals surface area contributed by atoms with Crippen LogP contribution in [-0.4, -0.2) is 11.2 Å². The topological polar surface area (TPSA) is 39.8 Å². The Morgan fingerprint density at radius 1 is 1.00 bits per heavy atom. The van der Waals surface area contributed by atoms with Crippen molar-refractivity contribution in [3.8, 4) is 0 Å². The predicted octanol–water partition coefficient (Wildman–Crippen LogP) is 2.04. The summed E-state index contributed by atoms with van der Waals surface area (Å²) in [5.41, 5.74) is -2.76. The molecule has 1 unspecified atom stereocenters. The highest BCUT2D eigenvalue weighted by molar-refractivity contribution is 4.91. The standard InChI is InChI=1S/C8H16O2/c1-6(2)8(5,10)7(3,4)9/h6H,1-5H3. The highest BCUT2D eigenvalue weighted by Gasteiger charge is 2.43. The van der Waals surface area contributed by atoms with Crippen LogP contribution in [0.25, 0.3) is 0 Å². The lowest BCUT2D eigenvalue weighted by Gasteiger charge is -2.34. The lowest BCUT2D eigenvalue weighted by molar-refractivity contribution is -0.206. The highest BCUT2D eigenvalue weighted by atomic mass is 16.4. The SMILES string of the molecule is CC(C)C(C)([O])C(C)(C)[O]. The van der Waals surface area contributed by atoms with E-state index in [0.29, 0.717) is 0 Å². The van der Waals surface area contributed by atoms with Crippen LogP contribution in [0.4, 0.5) is 0 Å². The molecule has 2 nitrogen and oxygen atoms in total. The molecule has 0 N–H and O–H groups in total. The summed E-state index contributed by atoms with van der Waals surface area (Å²) in [4.78, 5) is 0. The first kappa shape index (κ1) is 9.92. The first-order chi connectivity index (χ1) is 4.19. The third kappa shape index (κ3) is 1.70. The Hall–Kier alpha value is -0.0800. The molecule has 60 valence electrons. The fraction of sp³-hybridized carbons (Fsp3) is 1.00. The summed E-state index contributed by atoms with van der Waals surface area (Å²) in [7, 11) is 0. The lowest BCUT2D eigenvalue weighted by atomic mass is 9.79. The second-order valence-corrected chi connectivity index (χ2v) is 3.77. The largest absolute Gasteiger partial charge is 0.227 e. The molecule has 0 aliphatic heterocycles. The molecule has 0 spiro atoms. The molecular weight excluding hydrogens is 128 g/mol. The molecular formula is C8H16O2. The van der Waals surface area contributed by atoms with Crippen LogP contribution in [0, 0.1) is 5.92 Å². The molecule has 0 saturated heterocycles. The van der Waals surface area contributed by atoms with Crippen LogP contribution < -0.4 is 0 Å². The zero-order valence-corrected chi connectivity index (χ0v) is 7.39. The molecule has 2 radical (unpaired) electrons. The van der Waals surface area contributed by atoms with E-state index in [0.717, 1.165) is 0 Å². The van der Waals surface area contributed by atoms with Crippen molar-refractivity contribution >= 4 is 0 Å². The van der Waals surface area contributed by atoms with E-state index in [1.807, 2.05) is 0 Å². The van der Waals surface area contributed by atoms with Crippen molar-refractivity contribution in [2.75, 3.05) is 0 Å². The Labute approximate surface area is 62.9 Å². The van der Waals surface area contributed by atoms with E-state index in [9.17, 15) is 10.2 Å². The normalized spacial score (nSPS) is 19.2. The molecule has 0 aromatic heterocycles. The molecule has 0 rings (SSSR count). The van der Waals surface area contributed by atoms with Gasteiger partial charge in [-0.2, -0.15) is 0 Å². The van der Waals surface area contributed by atoms with Gasteiger partial charge >= 0.3 is 0 Å². The molecule has 0 aliphatic rings. The number of hydrogen-bond donors (Lipinski definition) is 0. The van der Waals surface area contributed by atoms with Gasteiger partial charge in [0.2, 0.25) is 0 Å². The summed E-state index contributed by atoms with van der Waals surface area (Å²) in [5.74, 6) is -0.111. The van der Waals surface area contributed by atoms with Crippen LogP contribution in [0.5, 0.6) is 0 Å². The first-order valence-corrected chi connectivity index (χ1v) is 3.60. The van der Waals surface area contributed by atoms with E-state index in [4.69, 9.17) is 0 Å². The van der Waals surface area contributed by atoms with E-state index in [1.165, 1.54) is 20.8 Å². The van der Waals surface area contributed by atoms with Gasteiger partial charge in [-0.25, -0.2) is 10.2 Å². The smallest absolute Gasteiger partial charge is 0.134 e. The summed E-state index contributed by atoms with van der Waals surface area (Å²) in [5, 5.41) is 22.8. The molecule has 0 aliphatic carbocycles. The first-order valence-electron chi connectivity index (χ1n) is 3.60. The third-order valence-electron chi connectivity index (χ3n) is 2.30. The molecule has 2 heteroatoms. The van der Waals surface area contributed by atoms with Crippen LogP contribution in [0.2, 0.25) is 0 Å². The Morgan fingerprint density at radius 2 is 1.30 bits per heavy atom. The summed E-state index contributed by atoms with van der Waals surface area (Å²) >= 11 is 0. The van der Waals surface area contributed by atoms with Gasteiger partial charge in [-0.1, -0.05) is 13.8 Å². The second-order valence-electron chi connectivity index (χ2n) is 3.77. The zero-order valence-electron chi connectivity index (χ0n) is 7.39. The molecule has 0 amide bonds. The molecule has 0 bridgehead atoms. The predicted molar refractivity (Wildman–Crippen MR) is 38.7 cm³/mol. The molecule has 1 atom stereocenters. The van der Waals surface area contributed by atoms with Gasteiger partial charge in [0, 0.05) is 0 Å². The van der Waals surface area contributed by atoms with Gasteiger partial charge in [-0.15, -0.1) is 0 Å². The van der Waals surface area contributed by atoms with Crippen LogP contribution in [-0.2, 0) is 10.2 Å². The average Bonchev–Trinajstić information content (AvgIpc) is 1.62. The number of rotatable bonds is 2.